The Morgan fingerprint density at radius 2 is 1.91 bits per heavy atom. The summed E-state index contributed by atoms with van der Waals surface area (Å²) < 4.78 is 0. The molecular formula is C16H20N4O2S. The normalized spacial score (nSPS) is 10.1. The predicted molar refractivity (Wildman–Crippen MR) is 90.2 cm³/mol. The van der Waals surface area contributed by atoms with Crippen molar-refractivity contribution in [1.82, 2.24) is 20.9 Å². The Labute approximate surface area is 139 Å². The molecule has 0 aliphatic carbocycles. The fraction of sp³-hybridized carbons (Fsp3) is 0.312. The van der Waals surface area contributed by atoms with Crippen LogP contribution < -0.4 is 16.0 Å². The number of thiazole rings is 1. The van der Waals surface area contributed by atoms with Gasteiger partial charge in [0, 0.05) is 17.6 Å². The maximum atomic E-state index is 11.7. The van der Waals surface area contributed by atoms with Gasteiger partial charge in [-0.3, -0.25) is 4.79 Å². The van der Waals surface area contributed by atoms with Crippen LogP contribution in [0.25, 0.3) is 0 Å². The van der Waals surface area contributed by atoms with Gasteiger partial charge in [-0.1, -0.05) is 30.3 Å². The average molecular weight is 332 g/mol. The largest absolute Gasteiger partial charge is 0.354 e. The van der Waals surface area contributed by atoms with E-state index in [0.717, 1.165) is 22.7 Å². The van der Waals surface area contributed by atoms with Gasteiger partial charge in [0.05, 0.1) is 13.1 Å². The van der Waals surface area contributed by atoms with E-state index in [4.69, 9.17) is 0 Å². The first kappa shape index (κ1) is 17.0. The van der Waals surface area contributed by atoms with Gasteiger partial charge in [-0.25, -0.2) is 9.78 Å². The van der Waals surface area contributed by atoms with Crippen molar-refractivity contribution < 1.29 is 9.59 Å². The van der Waals surface area contributed by atoms with Crippen molar-refractivity contribution in [1.29, 1.82) is 0 Å². The summed E-state index contributed by atoms with van der Waals surface area (Å²) in [6.07, 6.45) is 0.766. The first-order valence-corrected chi connectivity index (χ1v) is 8.25. The Kier molecular flexibility index (Phi) is 6.56. The first-order valence-electron chi connectivity index (χ1n) is 7.37. The van der Waals surface area contributed by atoms with Crippen LogP contribution in [-0.4, -0.2) is 30.0 Å². The molecule has 2 aromatic rings. The number of aromatic nitrogens is 1. The van der Waals surface area contributed by atoms with Crippen molar-refractivity contribution >= 4 is 23.3 Å². The van der Waals surface area contributed by atoms with Crippen LogP contribution in [-0.2, 0) is 17.8 Å². The Morgan fingerprint density at radius 3 is 2.61 bits per heavy atom. The lowest BCUT2D eigenvalue weighted by atomic mass is 10.1. The molecule has 6 nitrogen and oxygen atoms in total. The van der Waals surface area contributed by atoms with Crippen LogP contribution in [0, 0.1) is 6.92 Å². The fourth-order valence-electron chi connectivity index (χ4n) is 1.92. The van der Waals surface area contributed by atoms with Gasteiger partial charge < -0.3 is 16.0 Å². The van der Waals surface area contributed by atoms with Gasteiger partial charge >= 0.3 is 6.03 Å². The Balaban J connectivity index is 1.57. The quantitative estimate of drug-likeness (QED) is 0.720. The summed E-state index contributed by atoms with van der Waals surface area (Å²) in [5.41, 5.74) is 2.10. The lowest BCUT2D eigenvalue weighted by Crippen LogP contribution is -2.42. The number of nitrogens with one attached hydrogen (secondary N) is 3. The van der Waals surface area contributed by atoms with Gasteiger partial charge in [-0.15, -0.1) is 11.3 Å². The number of aryl methyl sites for hydroxylation is 1. The lowest BCUT2D eigenvalue weighted by molar-refractivity contribution is -0.120. The minimum atomic E-state index is -0.379. The topological polar surface area (TPSA) is 83.1 Å². The molecule has 0 unspecified atom stereocenters. The SMILES string of the molecule is Cc1csc(CNC(=O)NCC(=O)NCCc2ccccc2)n1. The Morgan fingerprint density at radius 1 is 1.13 bits per heavy atom. The molecule has 1 heterocycles. The van der Waals surface area contributed by atoms with Gasteiger partial charge in [0.1, 0.15) is 5.01 Å². The number of carbonyl (C=O) groups excluding carboxylic acids is 2. The van der Waals surface area contributed by atoms with Crippen LogP contribution >= 0.6 is 11.3 Å². The molecule has 0 aliphatic heterocycles. The van der Waals surface area contributed by atoms with E-state index in [9.17, 15) is 9.59 Å². The number of hydrogen-bond donors (Lipinski definition) is 3. The highest BCUT2D eigenvalue weighted by molar-refractivity contribution is 7.09. The molecule has 0 saturated heterocycles. The molecule has 0 fully saturated rings. The molecule has 3 N–H and O–H groups in total. The third-order valence-electron chi connectivity index (χ3n) is 3.05. The molecular weight excluding hydrogens is 312 g/mol. The maximum absolute atomic E-state index is 11.7. The van der Waals surface area contributed by atoms with E-state index in [1.54, 1.807) is 0 Å². The second-order valence-electron chi connectivity index (χ2n) is 5.00. The molecule has 0 atom stereocenters. The molecule has 0 spiro atoms. The highest BCUT2D eigenvalue weighted by Crippen LogP contribution is 2.07. The number of hydrogen-bond acceptors (Lipinski definition) is 4. The van der Waals surface area contributed by atoms with Crippen molar-refractivity contribution in [3.63, 3.8) is 0 Å². The van der Waals surface area contributed by atoms with Crippen molar-refractivity contribution in [3.05, 3.63) is 52.0 Å². The number of benzene rings is 1. The van der Waals surface area contributed by atoms with Gasteiger partial charge in [-0.05, 0) is 18.9 Å². The van der Waals surface area contributed by atoms with Crippen molar-refractivity contribution in [3.8, 4) is 0 Å². The van der Waals surface area contributed by atoms with Crippen molar-refractivity contribution in [2.24, 2.45) is 0 Å². The summed E-state index contributed by atoms with van der Waals surface area (Å²) in [5.74, 6) is -0.207. The van der Waals surface area contributed by atoms with Gasteiger partial charge in [0.2, 0.25) is 5.91 Å². The Bertz CT molecular complexity index is 643. The van der Waals surface area contributed by atoms with Crippen LogP contribution in [0.2, 0.25) is 0 Å². The summed E-state index contributed by atoms with van der Waals surface area (Å²) in [4.78, 5) is 27.5. The standard InChI is InChI=1S/C16H20N4O2S/c1-12-11-23-15(20-12)10-19-16(22)18-9-14(21)17-8-7-13-5-3-2-4-6-13/h2-6,11H,7-10H2,1H3,(H,17,21)(H2,18,19,22). The van der Waals surface area contributed by atoms with Gasteiger partial charge in [0.25, 0.3) is 0 Å². The second kappa shape index (κ2) is 8.89. The van der Waals surface area contributed by atoms with E-state index in [2.05, 4.69) is 20.9 Å². The van der Waals surface area contributed by atoms with E-state index >= 15 is 0 Å². The number of nitrogens with zero attached hydrogens (tertiary/aromatic N) is 1. The molecule has 0 saturated carbocycles. The average Bonchev–Trinajstić information content (AvgIpc) is 2.97. The molecule has 3 amide bonds. The van der Waals surface area contributed by atoms with E-state index in [-0.39, 0.29) is 18.5 Å². The highest BCUT2D eigenvalue weighted by Gasteiger charge is 2.06. The molecule has 2 rings (SSSR count). The second-order valence-corrected chi connectivity index (χ2v) is 5.95. The third kappa shape index (κ3) is 6.48. The Hall–Kier alpha value is -2.41. The van der Waals surface area contributed by atoms with Crippen LogP contribution in [0.15, 0.2) is 35.7 Å². The highest BCUT2D eigenvalue weighted by atomic mass is 32.1. The number of amides is 3. The predicted octanol–water partition coefficient (Wildman–Crippen LogP) is 1.61. The van der Waals surface area contributed by atoms with Gasteiger partial charge in [0.15, 0.2) is 0 Å². The lowest BCUT2D eigenvalue weighted by Gasteiger charge is -2.07. The number of urea groups is 1. The van der Waals surface area contributed by atoms with Crippen LogP contribution in [0.5, 0.6) is 0 Å². The number of carbonyl (C=O) groups is 2. The zero-order valence-corrected chi connectivity index (χ0v) is 13.8. The molecule has 0 bridgehead atoms. The molecule has 1 aromatic carbocycles. The minimum Gasteiger partial charge on any atom is -0.354 e. The molecule has 7 heteroatoms. The zero-order chi connectivity index (χ0) is 16.5. The van der Waals surface area contributed by atoms with Crippen LogP contribution in [0.4, 0.5) is 4.79 Å². The minimum absolute atomic E-state index is 0.0441. The van der Waals surface area contributed by atoms with Crippen LogP contribution in [0.3, 0.4) is 0 Å². The first-order chi connectivity index (χ1) is 11.1. The maximum Gasteiger partial charge on any atom is 0.315 e. The summed E-state index contributed by atoms with van der Waals surface area (Å²) in [6, 6.07) is 9.53. The zero-order valence-electron chi connectivity index (χ0n) is 13.0. The fourth-order valence-corrected chi connectivity index (χ4v) is 2.63. The van der Waals surface area contributed by atoms with E-state index in [1.807, 2.05) is 42.6 Å². The van der Waals surface area contributed by atoms with Crippen molar-refractivity contribution in [2.45, 2.75) is 19.9 Å². The molecule has 0 aliphatic rings. The molecule has 23 heavy (non-hydrogen) atoms. The van der Waals surface area contributed by atoms with E-state index in [1.165, 1.54) is 11.3 Å². The summed E-state index contributed by atoms with van der Waals surface area (Å²) in [5, 5.41) is 10.7. The van der Waals surface area contributed by atoms with Gasteiger partial charge in [-0.2, -0.15) is 0 Å². The summed E-state index contributed by atoms with van der Waals surface area (Å²) >= 11 is 1.49. The van der Waals surface area contributed by atoms with E-state index < -0.39 is 0 Å². The molecule has 1 aromatic heterocycles. The van der Waals surface area contributed by atoms with Crippen LogP contribution in [0.1, 0.15) is 16.3 Å². The van der Waals surface area contributed by atoms with E-state index in [0.29, 0.717) is 13.1 Å². The summed E-state index contributed by atoms with van der Waals surface area (Å²) in [6.45, 7) is 2.77. The smallest absolute Gasteiger partial charge is 0.315 e. The monoisotopic (exact) mass is 332 g/mol. The summed E-state index contributed by atoms with van der Waals surface area (Å²) in [7, 11) is 0. The molecule has 122 valence electrons. The number of rotatable bonds is 7. The third-order valence-corrected chi connectivity index (χ3v) is 4.02. The molecule has 0 radical (unpaired) electrons. The van der Waals surface area contributed by atoms with Crippen molar-refractivity contribution in [2.75, 3.05) is 13.1 Å².